The Hall–Kier alpha value is 0.0900. The van der Waals surface area contributed by atoms with E-state index in [2.05, 4.69) is 37.2 Å². The maximum atomic E-state index is 12.4. The topological polar surface area (TPSA) is 32.3 Å². The van der Waals surface area contributed by atoms with Crippen LogP contribution in [0, 0.1) is 5.92 Å². The summed E-state index contributed by atoms with van der Waals surface area (Å²) in [5.74, 6) is 0.932. The van der Waals surface area contributed by atoms with E-state index in [-0.39, 0.29) is 5.91 Å². The molecule has 6 heteroatoms. The highest BCUT2D eigenvalue weighted by atomic mass is 79.9. The molecule has 0 atom stereocenters. The van der Waals surface area contributed by atoms with Crippen LogP contribution < -0.4 is 5.32 Å². The van der Waals surface area contributed by atoms with Gasteiger partial charge >= 0.3 is 0 Å². The normalized spacial score (nSPS) is 16.9. The van der Waals surface area contributed by atoms with Gasteiger partial charge in [0.2, 0.25) is 0 Å². The zero-order valence-corrected chi connectivity index (χ0v) is 14.9. The number of hydrogen-bond donors (Lipinski definition) is 1. The van der Waals surface area contributed by atoms with Crippen molar-refractivity contribution in [2.24, 2.45) is 5.92 Å². The predicted molar refractivity (Wildman–Crippen MR) is 86.9 cm³/mol. The molecule has 0 spiro atoms. The third kappa shape index (κ3) is 4.03. The van der Waals surface area contributed by atoms with Crippen molar-refractivity contribution in [3.05, 3.63) is 19.2 Å². The van der Waals surface area contributed by atoms with E-state index in [4.69, 9.17) is 0 Å². The molecular weight excluding hydrogens is 392 g/mol. The van der Waals surface area contributed by atoms with Gasteiger partial charge < -0.3 is 10.2 Å². The number of nitrogens with one attached hydrogen (secondary N) is 1. The molecule has 3 nitrogen and oxygen atoms in total. The Morgan fingerprint density at radius 3 is 2.68 bits per heavy atom. The number of thiophene rings is 1. The summed E-state index contributed by atoms with van der Waals surface area (Å²) in [6.07, 6.45) is 3.47. The van der Waals surface area contributed by atoms with Gasteiger partial charge in [-0.3, -0.25) is 4.79 Å². The second-order valence-corrected chi connectivity index (χ2v) is 8.08. The fourth-order valence-electron chi connectivity index (χ4n) is 2.38. The van der Waals surface area contributed by atoms with Crippen LogP contribution in [0.15, 0.2) is 14.3 Å². The van der Waals surface area contributed by atoms with E-state index < -0.39 is 0 Å². The summed E-state index contributed by atoms with van der Waals surface area (Å²) in [7, 11) is 1.99. The van der Waals surface area contributed by atoms with Crippen molar-refractivity contribution in [1.82, 2.24) is 10.2 Å². The van der Waals surface area contributed by atoms with Gasteiger partial charge in [-0.15, -0.1) is 11.3 Å². The van der Waals surface area contributed by atoms with Crippen LogP contribution in [0.4, 0.5) is 0 Å². The van der Waals surface area contributed by atoms with Gasteiger partial charge in [-0.25, -0.2) is 0 Å². The Balaban J connectivity index is 1.89. The molecule has 1 aromatic rings. The average molecular weight is 410 g/mol. The number of amides is 1. The first-order valence-electron chi connectivity index (χ1n) is 6.50. The van der Waals surface area contributed by atoms with Crippen molar-refractivity contribution in [3.8, 4) is 0 Å². The van der Waals surface area contributed by atoms with Crippen LogP contribution in [0.5, 0.6) is 0 Å². The number of likely N-dealkylation sites (tertiary alicyclic amines) is 1. The van der Waals surface area contributed by atoms with Gasteiger partial charge in [-0.1, -0.05) is 0 Å². The second kappa shape index (κ2) is 7.20. The fourth-order valence-corrected chi connectivity index (χ4v) is 4.38. The molecule has 1 aliphatic rings. The lowest BCUT2D eigenvalue weighted by Gasteiger charge is -2.31. The van der Waals surface area contributed by atoms with E-state index in [0.717, 1.165) is 51.5 Å². The lowest BCUT2D eigenvalue weighted by atomic mass is 9.93. The summed E-state index contributed by atoms with van der Waals surface area (Å²) in [5, 5.41) is 3.19. The van der Waals surface area contributed by atoms with Crippen LogP contribution in [0.25, 0.3) is 0 Å². The molecule has 0 radical (unpaired) electrons. The van der Waals surface area contributed by atoms with E-state index in [0.29, 0.717) is 0 Å². The zero-order valence-electron chi connectivity index (χ0n) is 10.9. The number of carbonyl (C=O) groups is 1. The average Bonchev–Trinajstić information content (AvgIpc) is 2.76. The van der Waals surface area contributed by atoms with Crippen LogP contribution in [0.3, 0.4) is 0 Å². The summed E-state index contributed by atoms with van der Waals surface area (Å²) in [5.41, 5.74) is 0. The number of rotatable bonds is 4. The molecule has 106 valence electrons. The summed E-state index contributed by atoms with van der Waals surface area (Å²) in [4.78, 5) is 15.2. The van der Waals surface area contributed by atoms with Gasteiger partial charge in [-0.2, -0.15) is 0 Å². The molecule has 0 bridgehead atoms. The first kappa shape index (κ1) is 15.5. The quantitative estimate of drug-likeness (QED) is 0.821. The maximum absolute atomic E-state index is 12.4. The Morgan fingerprint density at radius 2 is 2.16 bits per heavy atom. The van der Waals surface area contributed by atoms with E-state index in [9.17, 15) is 4.79 Å². The molecule has 0 unspecified atom stereocenters. The van der Waals surface area contributed by atoms with E-state index in [1.54, 1.807) is 0 Å². The Kier molecular flexibility index (Phi) is 5.87. The van der Waals surface area contributed by atoms with Crippen LogP contribution in [-0.2, 0) is 0 Å². The van der Waals surface area contributed by atoms with Crippen LogP contribution in [-0.4, -0.2) is 37.5 Å². The summed E-state index contributed by atoms with van der Waals surface area (Å²) in [6, 6.07) is 1.91. The minimum absolute atomic E-state index is 0.170. The third-order valence-corrected chi connectivity index (χ3v) is 6.80. The van der Waals surface area contributed by atoms with E-state index in [1.165, 1.54) is 17.8 Å². The highest BCUT2D eigenvalue weighted by Crippen LogP contribution is 2.33. The Bertz CT molecular complexity index is 422. The van der Waals surface area contributed by atoms with E-state index >= 15 is 0 Å². The maximum Gasteiger partial charge on any atom is 0.264 e. The van der Waals surface area contributed by atoms with Gasteiger partial charge in [0.1, 0.15) is 0 Å². The minimum Gasteiger partial charge on any atom is -0.338 e. The van der Waals surface area contributed by atoms with Crippen molar-refractivity contribution in [3.63, 3.8) is 0 Å². The number of carbonyl (C=O) groups excluding carboxylic acids is 1. The van der Waals surface area contributed by atoms with Crippen LogP contribution in [0.2, 0.25) is 0 Å². The molecule has 1 saturated heterocycles. The van der Waals surface area contributed by atoms with Crippen molar-refractivity contribution in [2.75, 3.05) is 26.7 Å². The SMILES string of the molecule is CNCCC1CCN(C(=O)c2cc(Br)c(Br)s2)CC1. The van der Waals surface area contributed by atoms with Gasteiger partial charge in [-0.05, 0) is 76.7 Å². The largest absolute Gasteiger partial charge is 0.338 e. The molecular formula is C13H18Br2N2OS. The van der Waals surface area contributed by atoms with Gasteiger partial charge in [0.15, 0.2) is 0 Å². The van der Waals surface area contributed by atoms with Crippen molar-refractivity contribution >= 4 is 49.1 Å². The summed E-state index contributed by atoms with van der Waals surface area (Å²) >= 11 is 8.37. The van der Waals surface area contributed by atoms with E-state index in [1.807, 2.05) is 18.0 Å². The highest BCUT2D eigenvalue weighted by molar-refractivity contribution is 9.13. The van der Waals surface area contributed by atoms with Gasteiger partial charge in [0.25, 0.3) is 5.91 Å². The van der Waals surface area contributed by atoms with Crippen molar-refractivity contribution < 1.29 is 4.79 Å². The predicted octanol–water partition coefficient (Wildman–Crippen LogP) is 3.73. The molecule has 1 aromatic heterocycles. The number of halogens is 2. The zero-order chi connectivity index (χ0) is 13.8. The molecule has 0 saturated carbocycles. The highest BCUT2D eigenvalue weighted by Gasteiger charge is 2.24. The Morgan fingerprint density at radius 1 is 1.47 bits per heavy atom. The number of nitrogens with zero attached hydrogens (tertiary/aromatic N) is 1. The second-order valence-electron chi connectivity index (χ2n) is 4.86. The molecule has 1 amide bonds. The molecule has 19 heavy (non-hydrogen) atoms. The molecule has 0 aliphatic carbocycles. The monoisotopic (exact) mass is 408 g/mol. The molecule has 1 aliphatic heterocycles. The fraction of sp³-hybridized carbons (Fsp3) is 0.615. The van der Waals surface area contributed by atoms with Crippen LogP contribution >= 0.6 is 43.2 Å². The molecule has 2 rings (SSSR count). The number of piperidine rings is 1. The van der Waals surface area contributed by atoms with Gasteiger partial charge in [0.05, 0.1) is 8.66 Å². The molecule has 0 aromatic carbocycles. The summed E-state index contributed by atoms with van der Waals surface area (Å²) < 4.78 is 1.95. The molecule has 1 N–H and O–H groups in total. The minimum atomic E-state index is 0.170. The first-order chi connectivity index (χ1) is 9.11. The lowest BCUT2D eigenvalue weighted by molar-refractivity contribution is 0.0692. The van der Waals surface area contributed by atoms with Crippen LogP contribution in [0.1, 0.15) is 28.9 Å². The smallest absolute Gasteiger partial charge is 0.264 e. The van der Waals surface area contributed by atoms with Crippen molar-refractivity contribution in [1.29, 1.82) is 0 Å². The molecule has 2 heterocycles. The standard InChI is InChI=1S/C13H18Br2N2OS/c1-16-5-2-9-3-6-17(7-4-9)13(18)11-8-10(14)12(15)19-11/h8-9,16H,2-7H2,1H3. The summed E-state index contributed by atoms with van der Waals surface area (Å²) in [6.45, 7) is 2.85. The first-order valence-corrected chi connectivity index (χ1v) is 8.90. The Labute approximate surface area is 135 Å². The van der Waals surface area contributed by atoms with Crippen molar-refractivity contribution in [2.45, 2.75) is 19.3 Å². The lowest BCUT2D eigenvalue weighted by Crippen LogP contribution is -2.38. The molecule has 1 fully saturated rings. The number of hydrogen-bond acceptors (Lipinski definition) is 3. The van der Waals surface area contributed by atoms with Gasteiger partial charge in [0, 0.05) is 17.6 Å². The third-order valence-electron chi connectivity index (χ3n) is 3.56.